The minimum atomic E-state index is 0.246. The first-order valence-corrected chi connectivity index (χ1v) is 6.82. The van der Waals surface area contributed by atoms with E-state index in [0.29, 0.717) is 12.0 Å². The Balaban J connectivity index is 2.10. The molecule has 0 radical (unpaired) electrons. The molecule has 1 unspecified atom stereocenters. The molecule has 1 heterocycles. The van der Waals surface area contributed by atoms with Crippen LogP contribution >= 0.6 is 0 Å². The van der Waals surface area contributed by atoms with E-state index in [0.717, 1.165) is 31.7 Å². The Hall–Kier alpha value is -1.06. The number of ether oxygens (including phenoxy) is 1. The van der Waals surface area contributed by atoms with Crippen LogP contribution in [0.1, 0.15) is 37.4 Å². The van der Waals surface area contributed by atoms with E-state index in [1.165, 1.54) is 11.1 Å². The van der Waals surface area contributed by atoms with Gasteiger partial charge in [-0.1, -0.05) is 26.0 Å². The van der Waals surface area contributed by atoms with Gasteiger partial charge in [-0.25, -0.2) is 0 Å². The maximum atomic E-state index is 8.86. The third kappa shape index (κ3) is 3.03. The second kappa shape index (κ2) is 6.21. The highest BCUT2D eigenvalue weighted by molar-refractivity contribution is 5.40. The molecule has 0 saturated carbocycles. The first-order chi connectivity index (χ1) is 8.72. The van der Waals surface area contributed by atoms with Gasteiger partial charge in [0.2, 0.25) is 0 Å². The van der Waals surface area contributed by atoms with E-state index in [-0.39, 0.29) is 6.61 Å². The minimum absolute atomic E-state index is 0.246. The van der Waals surface area contributed by atoms with Crippen LogP contribution in [0.25, 0.3) is 0 Å². The van der Waals surface area contributed by atoms with Crippen LogP contribution in [0.2, 0.25) is 0 Å². The predicted molar refractivity (Wildman–Crippen MR) is 72.9 cm³/mol. The highest BCUT2D eigenvalue weighted by atomic mass is 16.5. The van der Waals surface area contributed by atoms with Crippen LogP contribution in [0, 0.1) is 5.92 Å². The lowest BCUT2D eigenvalue weighted by atomic mass is 9.94. The topological polar surface area (TPSA) is 41.5 Å². The number of aliphatic hydroxyl groups excluding tert-OH is 1. The Kier molecular flexibility index (Phi) is 4.61. The summed E-state index contributed by atoms with van der Waals surface area (Å²) in [5.41, 5.74) is 2.65. The second-order valence-corrected chi connectivity index (χ2v) is 5.22. The summed E-state index contributed by atoms with van der Waals surface area (Å²) in [6, 6.07) is 6.85. The molecule has 0 amide bonds. The Morgan fingerprint density at radius 2 is 2.22 bits per heavy atom. The Bertz CT molecular complexity index is 390. The first kappa shape index (κ1) is 13.4. The molecule has 100 valence electrons. The summed E-state index contributed by atoms with van der Waals surface area (Å²) >= 11 is 0. The van der Waals surface area contributed by atoms with Gasteiger partial charge in [-0.3, -0.25) is 0 Å². The van der Waals surface area contributed by atoms with E-state index in [1.807, 2.05) is 0 Å². The van der Waals surface area contributed by atoms with Crippen LogP contribution < -0.4 is 10.1 Å². The molecule has 18 heavy (non-hydrogen) atoms. The molecule has 1 aliphatic rings. The van der Waals surface area contributed by atoms with Gasteiger partial charge in [0.15, 0.2) is 0 Å². The van der Waals surface area contributed by atoms with E-state index in [1.54, 1.807) is 0 Å². The van der Waals surface area contributed by atoms with Crippen molar-refractivity contribution in [3.63, 3.8) is 0 Å². The molecule has 2 N–H and O–H groups in total. The molecule has 0 bridgehead atoms. The normalized spacial score (nSPS) is 15.6. The van der Waals surface area contributed by atoms with Crippen molar-refractivity contribution in [1.29, 1.82) is 0 Å². The number of hydrogen-bond donors (Lipinski definition) is 2. The molecule has 2 rings (SSSR count). The monoisotopic (exact) mass is 249 g/mol. The lowest BCUT2D eigenvalue weighted by Gasteiger charge is -2.23. The highest BCUT2D eigenvalue weighted by Crippen LogP contribution is 2.30. The number of nitrogens with one attached hydrogen (secondary N) is 1. The van der Waals surface area contributed by atoms with Crippen LogP contribution in [0.4, 0.5) is 0 Å². The van der Waals surface area contributed by atoms with Gasteiger partial charge in [0.05, 0.1) is 6.61 Å². The predicted octanol–water partition coefficient (Wildman–Crippen LogP) is 2.29. The summed E-state index contributed by atoms with van der Waals surface area (Å²) < 4.78 is 5.54. The molecule has 0 fully saturated rings. The van der Waals surface area contributed by atoms with Crippen LogP contribution in [0.3, 0.4) is 0 Å². The fourth-order valence-corrected chi connectivity index (χ4v) is 2.48. The van der Waals surface area contributed by atoms with Crippen molar-refractivity contribution < 1.29 is 9.84 Å². The van der Waals surface area contributed by atoms with Crippen molar-refractivity contribution >= 4 is 0 Å². The molecular formula is C15H23NO2. The Labute approximate surface area is 109 Å². The molecule has 0 aromatic heterocycles. The average Bonchev–Trinajstić information content (AvgIpc) is 2.81. The fourth-order valence-electron chi connectivity index (χ4n) is 2.48. The van der Waals surface area contributed by atoms with E-state index < -0.39 is 0 Å². The molecule has 1 aromatic rings. The molecule has 0 saturated heterocycles. The van der Waals surface area contributed by atoms with Gasteiger partial charge in [0, 0.05) is 19.1 Å². The highest BCUT2D eigenvalue weighted by Gasteiger charge is 2.18. The number of benzene rings is 1. The third-order valence-electron chi connectivity index (χ3n) is 3.44. The van der Waals surface area contributed by atoms with Crippen molar-refractivity contribution in [3.05, 3.63) is 29.3 Å². The van der Waals surface area contributed by atoms with E-state index in [2.05, 4.69) is 37.4 Å². The van der Waals surface area contributed by atoms with E-state index in [4.69, 9.17) is 9.84 Å². The van der Waals surface area contributed by atoms with Crippen molar-refractivity contribution in [3.8, 4) is 5.75 Å². The summed E-state index contributed by atoms with van der Waals surface area (Å²) in [7, 11) is 0. The molecule has 1 aromatic carbocycles. The molecule has 3 heteroatoms. The lowest BCUT2D eigenvalue weighted by Crippen LogP contribution is -2.27. The van der Waals surface area contributed by atoms with Crippen molar-refractivity contribution in [2.45, 2.75) is 32.7 Å². The zero-order valence-electron chi connectivity index (χ0n) is 11.3. The van der Waals surface area contributed by atoms with E-state index >= 15 is 0 Å². The zero-order valence-corrected chi connectivity index (χ0v) is 11.3. The molecule has 3 nitrogen and oxygen atoms in total. The number of hydrogen-bond acceptors (Lipinski definition) is 3. The maximum Gasteiger partial charge on any atom is 0.122 e. The maximum absolute atomic E-state index is 8.86. The van der Waals surface area contributed by atoms with Gasteiger partial charge in [-0.05, 0) is 36.1 Å². The van der Waals surface area contributed by atoms with Gasteiger partial charge in [-0.15, -0.1) is 0 Å². The van der Waals surface area contributed by atoms with Crippen molar-refractivity contribution in [1.82, 2.24) is 5.32 Å². The van der Waals surface area contributed by atoms with Crippen LogP contribution in [0.15, 0.2) is 18.2 Å². The third-order valence-corrected chi connectivity index (χ3v) is 3.44. The van der Waals surface area contributed by atoms with Gasteiger partial charge < -0.3 is 15.2 Å². The minimum Gasteiger partial charge on any atom is -0.493 e. The standard InChI is InChI=1S/C15H23NO2/c1-11(2)15(16-7-3-8-17)13-4-5-14-12(10-13)6-9-18-14/h4-5,10-11,15-17H,3,6-9H2,1-2H3. The van der Waals surface area contributed by atoms with Crippen LogP contribution in [-0.2, 0) is 6.42 Å². The molecular weight excluding hydrogens is 226 g/mol. The lowest BCUT2D eigenvalue weighted by molar-refractivity contribution is 0.279. The summed E-state index contributed by atoms with van der Waals surface area (Å²) in [5, 5.41) is 12.4. The molecule has 0 spiro atoms. The van der Waals surface area contributed by atoms with Crippen LogP contribution in [-0.4, -0.2) is 24.9 Å². The van der Waals surface area contributed by atoms with Crippen molar-refractivity contribution in [2.75, 3.05) is 19.8 Å². The van der Waals surface area contributed by atoms with Gasteiger partial charge in [0.25, 0.3) is 0 Å². The summed E-state index contributed by atoms with van der Waals surface area (Å²) in [5.74, 6) is 1.57. The zero-order chi connectivity index (χ0) is 13.0. The average molecular weight is 249 g/mol. The van der Waals surface area contributed by atoms with Gasteiger partial charge in [0.1, 0.15) is 5.75 Å². The van der Waals surface area contributed by atoms with Gasteiger partial charge >= 0.3 is 0 Å². The molecule has 0 aliphatic carbocycles. The number of aliphatic hydroxyl groups is 1. The van der Waals surface area contributed by atoms with Crippen LogP contribution in [0.5, 0.6) is 5.75 Å². The summed E-state index contributed by atoms with van der Waals surface area (Å²) in [6.07, 6.45) is 1.82. The van der Waals surface area contributed by atoms with Crippen molar-refractivity contribution in [2.24, 2.45) is 5.92 Å². The van der Waals surface area contributed by atoms with Gasteiger partial charge in [-0.2, -0.15) is 0 Å². The smallest absolute Gasteiger partial charge is 0.122 e. The number of fused-ring (bicyclic) bond motifs is 1. The molecule has 1 atom stereocenters. The fraction of sp³-hybridized carbons (Fsp3) is 0.600. The second-order valence-electron chi connectivity index (χ2n) is 5.22. The van der Waals surface area contributed by atoms with E-state index in [9.17, 15) is 0 Å². The SMILES string of the molecule is CC(C)C(NCCCO)c1ccc2c(c1)CCO2. The Morgan fingerprint density at radius 1 is 1.39 bits per heavy atom. The largest absolute Gasteiger partial charge is 0.493 e. The first-order valence-electron chi connectivity index (χ1n) is 6.82. The number of rotatable bonds is 6. The Morgan fingerprint density at radius 3 is 2.94 bits per heavy atom. The quantitative estimate of drug-likeness (QED) is 0.760. The summed E-state index contributed by atoms with van der Waals surface area (Å²) in [4.78, 5) is 0. The summed E-state index contributed by atoms with van der Waals surface area (Å²) in [6.45, 7) is 6.35. The molecule has 1 aliphatic heterocycles.